The first-order chi connectivity index (χ1) is 15.4. The molecule has 7 heteroatoms. The number of fused-ring (bicyclic) bond motifs is 5. The molecule has 0 radical (unpaired) electrons. The zero-order valence-electron chi connectivity index (χ0n) is 18.3. The second kappa shape index (κ2) is 7.21. The van der Waals surface area contributed by atoms with E-state index in [1.165, 1.54) is 7.11 Å². The fourth-order valence-electron chi connectivity index (χ4n) is 5.62. The fraction of sp³-hybridized carbons (Fsp3) is 0.320. The molecule has 0 saturated carbocycles. The molecule has 7 nitrogen and oxygen atoms in total. The molecule has 1 amide bonds. The van der Waals surface area contributed by atoms with Gasteiger partial charge >= 0.3 is 5.97 Å². The first kappa shape index (κ1) is 20.3. The number of nitriles is 1. The Labute approximate surface area is 186 Å². The van der Waals surface area contributed by atoms with Crippen LogP contribution in [-0.2, 0) is 23.1 Å². The maximum absolute atomic E-state index is 13.9. The molecule has 0 bridgehead atoms. The number of likely N-dealkylation sites (N-methyl/N-ethyl adjacent to an activating group) is 1. The van der Waals surface area contributed by atoms with Gasteiger partial charge in [0.25, 0.3) is 5.91 Å². The van der Waals surface area contributed by atoms with Crippen LogP contribution in [0, 0.1) is 11.3 Å². The number of benzene rings is 2. The molecule has 2 aromatic carbocycles. The van der Waals surface area contributed by atoms with Crippen molar-refractivity contribution in [2.24, 2.45) is 7.05 Å². The van der Waals surface area contributed by atoms with Crippen LogP contribution in [0.5, 0.6) is 0 Å². The third kappa shape index (κ3) is 2.63. The molecule has 3 heterocycles. The number of hydrogen-bond acceptors (Lipinski definition) is 5. The zero-order chi connectivity index (χ0) is 22.6. The number of likely N-dealkylation sites (tertiary alicyclic amines) is 1. The highest BCUT2D eigenvalue weighted by molar-refractivity contribution is 6.01. The Kier molecular flexibility index (Phi) is 4.57. The lowest BCUT2D eigenvalue weighted by Crippen LogP contribution is -2.63. The highest BCUT2D eigenvalue weighted by atomic mass is 16.5. The van der Waals surface area contributed by atoms with E-state index in [1.54, 1.807) is 29.2 Å². The summed E-state index contributed by atoms with van der Waals surface area (Å²) in [6, 6.07) is 16.9. The first-order valence-corrected chi connectivity index (χ1v) is 10.6. The highest BCUT2D eigenvalue weighted by Crippen LogP contribution is 2.50. The number of nitrogens with zero attached hydrogens (tertiary/aromatic N) is 4. The molecule has 5 rings (SSSR count). The molecule has 2 aliphatic rings. The molecule has 2 aliphatic heterocycles. The van der Waals surface area contributed by atoms with Gasteiger partial charge in [-0.1, -0.05) is 24.3 Å². The van der Waals surface area contributed by atoms with Gasteiger partial charge in [-0.3, -0.25) is 4.79 Å². The summed E-state index contributed by atoms with van der Waals surface area (Å²) in [4.78, 5) is 31.1. The number of ether oxygens (including phenoxy) is 1. The molecule has 1 saturated heterocycles. The van der Waals surface area contributed by atoms with Crippen LogP contribution in [0.1, 0.15) is 33.1 Å². The van der Waals surface area contributed by atoms with E-state index in [2.05, 4.69) is 27.7 Å². The average Bonchev–Trinajstić information content (AvgIpc) is 3.32. The van der Waals surface area contributed by atoms with Crippen molar-refractivity contribution in [2.75, 3.05) is 27.2 Å². The molecular formula is C25H24N4O3. The Bertz CT molecular complexity index is 1300. The van der Waals surface area contributed by atoms with Crippen molar-refractivity contribution in [1.29, 1.82) is 5.26 Å². The number of methoxy groups -OCH3 is 1. The summed E-state index contributed by atoms with van der Waals surface area (Å²) >= 11 is 0. The number of hydrogen-bond donors (Lipinski definition) is 0. The molecule has 1 fully saturated rings. The number of carbonyl (C=O) groups is 2. The topological polar surface area (TPSA) is 78.6 Å². The maximum atomic E-state index is 13.9. The van der Waals surface area contributed by atoms with Crippen molar-refractivity contribution in [3.05, 3.63) is 70.9 Å². The van der Waals surface area contributed by atoms with Crippen LogP contribution in [0.2, 0.25) is 0 Å². The monoisotopic (exact) mass is 428 g/mol. The maximum Gasteiger partial charge on any atom is 0.333 e. The minimum atomic E-state index is -1.14. The highest BCUT2D eigenvalue weighted by Gasteiger charge is 2.61. The average molecular weight is 428 g/mol. The number of amides is 1. The normalized spacial score (nSPS) is 22.3. The standard InChI is InChI=1S/C25H24N4O3/c1-27-13-19-22-18-9-4-5-10-20(18)28(2)21(22)14-29(25(19,15-27)24(31)32-3)23(30)17-8-6-7-16(11-17)12-26/h4-11,19H,13-15H2,1-3H3/t19-,25-/m1/s1. The van der Waals surface area contributed by atoms with Crippen LogP contribution in [0.4, 0.5) is 0 Å². The van der Waals surface area contributed by atoms with E-state index in [4.69, 9.17) is 4.74 Å². The fourth-order valence-corrected chi connectivity index (χ4v) is 5.62. The van der Waals surface area contributed by atoms with Crippen molar-refractivity contribution >= 4 is 22.8 Å². The molecule has 0 unspecified atom stereocenters. The number of carbonyl (C=O) groups excluding carboxylic acids is 2. The van der Waals surface area contributed by atoms with E-state index in [9.17, 15) is 14.9 Å². The summed E-state index contributed by atoms with van der Waals surface area (Å²) < 4.78 is 7.44. The van der Waals surface area contributed by atoms with Gasteiger partial charge in [0.15, 0.2) is 5.54 Å². The molecule has 3 aromatic rings. The Balaban J connectivity index is 1.76. The quantitative estimate of drug-likeness (QED) is 0.587. The van der Waals surface area contributed by atoms with Crippen LogP contribution in [0.25, 0.3) is 10.9 Å². The van der Waals surface area contributed by atoms with Crippen molar-refractivity contribution in [3.63, 3.8) is 0 Å². The van der Waals surface area contributed by atoms with E-state index < -0.39 is 11.5 Å². The van der Waals surface area contributed by atoms with Crippen LogP contribution in [0.15, 0.2) is 48.5 Å². The largest absolute Gasteiger partial charge is 0.467 e. The lowest BCUT2D eigenvalue weighted by molar-refractivity contribution is -0.155. The third-order valence-corrected chi connectivity index (χ3v) is 7.01. The molecule has 2 atom stereocenters. The molecule has 0 aliphatic carbocycles. The van der Waals surface area contributed by atoms with Gasteiger partial charge in [0.2, 0.25) is 0 Å². The van der Waals surface area contributed by atoms with E-state index in [0.717, 1.165) is 22.2 Å². The number of esters is 1. The van der Waals surface area contributed by atoms with E-state index >= 15 is 0 Å². The van der Waals surface area contributed by atoms with Gasteiger partial charge in [0.1, 0.15) is 0 Å². The van der Waals surface area contributed by atoms with Gasteiger partial charge in [-0.25, -0.2) is 4.79 Å². The lowest BCUT2D eigenvalue weighted by Gasteiger charge is -2.46. The number of aromatic nitrogens is 1. The van der Waals surface area contributed by atoms with Crippen LogP contribution >= 0.6 is 0 Å². The van der Waals surface area contributed by atoms with Crippen LogP contribution in [0.3, 0.4) is 0 Å². The minimum Gasteiger partial charge on any atom is -0.467 e. The van der Waals surface area contributed by atoms with E-state index in [0.29, 0.717) is 24.2 Å². The summed E-state index contributed by atoms with van der Waals surface area (Å²) in [5.74, 6) is -0.906. The van der Waals surface area contributed by atoms with Crippen molar-refractivity contribution in [2.45, 2.75) is 18.0 Å². The third-order valence-electron chi connectivity index (χ3n) is 7.01. The predicted octanol–water partition coefficient (Wildman–Crippen LogP) is 2.65. The first-order valence-electron chi connectivity index (χ1n) is 10.6. The molecule has 0 N–H and O–H groups in total. The number of para-hydroxylation sites is 1. The molecule has 0 spiro atoms. The zero-order valence-corrected chi connectivity index (χ0v) is 18.3. The van der Waals surface area contributed by atoms with Crippen molar-refractivity contribution < 1.29 is 14.3 Å². The second-order valence-corrected chi connectivity index (χ2v) is 8.69. The summed E-state index contributed by atoms with van der Waals surface area (Å²) in [5, 5.41) is 10.4. The minimum absolute atomic E-state index is 0.224. The van der Waals surface area contributed by atoms with Gasteiger partial charge < -0.3 is 19.1 Å². The van der Waals surface area contributed by atoms with Gasteiger partial charge in [0.05, 0.1) is 25.3 Å². The van der Waals surface area contributed by atoms with E-state index in [1.807, 2.05) is 26.2 Å². The smallest absolute Gasteiger partial charge is 0.333 e. The van der Waals surface area contributed by atoms with Crippen LogP contribution in [-0.4, -0.2) is 59.0 Å². The van der Waals surface area contributed by atoms with Gasteiger partial charge in [-0.15, -0.1) is 0 Å². The number of aryl methyl sites for hydroxylation is 1. The Morgan fingerprint density at radius 2 is 1.94 bits per heavy atom. The molecular weight excluding hydrogens is 404 g/mol. The van der Waals surface area contributed by atoms with Crippen LogP contribution < -0.4 is 0 Å². The second-order valence-electron chi connectivity index (χ2n) is 8.69. The van der Waals surface area contributed by atoms with Gasteiger partial charge in [0, 0.05) is 48.2 Å². The summed E-state index contributed by atoms with van der Waals surface area (Å²) in [7, 11) is 5.35. The summed E-state index contributed by atoms with van der Waals surface area (Å²) in [6.07, 6.45) is 0. The number of rotatable bonds is 2. The molecule has 1 aromatic heterocycles. The lowest BCUT2D eigenvalue weighted by atomic mass is 9.75. The molecule has 32 heavy (non-hydrogen) atoms. The van der Waals surface area contributed by atoms with Crippen molar-refractivity contribution in [3.8, 4) is 6.07 Å². The Morgan fingerprint density at radius 1 is 1.16 bits per heavy atom. The summed E-state index contributed by atoms with van der Waals surface area (Å²) in [6.45, 7) is 1.31. The Morgan fingerprint density at radius 3 is 2.69 bits per heavy atom. The Hall–Kier alpha value is -3.63. The SMILES string of the molecule is COC(=O)[C@@]12CN(C)C[C@@H]1c1c(n(C)c3ccccc13)CN2C(=O)c1cccc(C#N)c1. The van der Waals surface area contributed by atoms with Gasteiger partial charge in [-0.05, 0) is 36.9 Å². The molecule has 162 valence electrons. The van der Waals surface area contributed by atoms with E-state index in [-0.39, 0.29) is 18.4 Å². The predicted molar refractivity (Wildman–Crippen MR) is 119 cm³/mol. The van der Waals surface area contributed by atoms with Crippen molar-refractivity contribution in [1.82, 2.24) is 14.4 Å². The summed E-state index contributed by atoms with van der Waals surface area (Å²) in [5.41, 5.74) is 2.88. The van der Waals surface area contributed by atoms with Gasteiger partial charge in [-0.2, -0.15) is 5.26 Å².